The number of carbonyl (C=O) groups is 1. The minimum Gasteiger partial charge on any atom is -0.483 e. The lowest BCUT2D eigenvalue weighted by atomic mass is 10.1. The van der Waals surface area contributed by atoms with Gasteiger partial charge >= 0.3 is 0 Å². The van der Waals surface area contributed by atoms with Crippen molar-refractivity contribution >= 4 is 5.91 Å². The summed E-state index contributed by atoms with van der Waals surface area (Å²) in [5, 5.41) is 9.29. The summed E-state index contributed by atoms with van der Waals surface area (Å²) < 4.78 is 5.67. The van der Waals surface area contributed by atoms with Crippen LogP contribution in [0.4, 0.5) is 0 Å². The van der Waals surface area contributed by atoms with Crippen molar-refractivity contribution in [3.05, 3.63) is 41.0 Å². The molecule has 21 heavy (non-hydrogen) atoms. The average molecular weight is 288 g/mol. The summed E-state index contributed by atoms with van der Waals surface area (Å²) in [6, 6.07) is 3.80. The van der Waals surface area contributed by atoms with Gasteiger partial charge < -0.3 is 10.1 Å². The lowest BCUT2D eigenvalue weighted by Crippen LogP contribution is -2.32. The first-order chi connectivity index (χ1) is 9.99. The summed E-state index contributed by atoms with van der Waals surface area (Å²) in [6.45, 7) is 7.79. The minimum absolute atomic E-state index is 0.0242. The van der Waals surface area contributed by atoms with Gasteiger partial charge in [-0.25, -0.2) is 4.98 Å². The highest BCUT2D eigenvalue weighted by Crippen LogP contribution is 2.25. The van der Waals surface area contributed by atoms with Gasteiger partial charge in [-0.3, -0.25) is 9.89 Å². The normalized spacial score (nSPS) is 12.0. The van der Waals surface area contributed by atoms with Gasteiger partial charge in [-0.2, -0.15) is 5.10 Å². The first kappa shape index (κ1) is 15.0. The largest absolute Gasteiger partial charge is 0.483 e. The molecule has 1 atom stereocenters. The van der Waals surface area contributed by atoms with E-state index in [-0.39, 0.29) is 18.6 Å². The Balaban J connectivity index is 1.94. The smallest absolute Gasteiger partial charge is 0.258 e. The highest BCUT2D eigenvalue weighted by Gasteiger charge is 2.13. The van der Waals surface area contributed by atoms with Gasteiger partial charge in [-0.05, 0) is 44.4 Å². The van der Waals surface area contributed by atoms with Gasteiger partial charge in [0.1, 0.15) is 17.9 Å². The number of rotatable bonds is 5. The number of aromatic nitrogens is 3. The van der Waals surface area contributed by atoms with Crippen LogP contribution >= 0.6 is 0 Å². The van der Waals surface area contributed by atoms with Gasteiger partial charge in [0.2, 0.25) is 0 Å². The molecule has 0 aliphatic heterocycles. The lowest BCUT2D eigenvalue weighted by molar-refractivity contribution is -0.123. The number of aromatic amines is 1. The molecule has 1 amide bonds. The molecule has 112 valence electrons. The molecule has 1 aromatic carbocycles. The van der Waals surface area contributed by atoms with Crippen LogP contribution in [0.25, 0.3) is 0 Å². The van der Waals surface area contributed by atoms with Crippen LogP contribution in [-0.2, 0) is 4.79 Å². The Hall–Kier alpha value is -2.37. The molecular weight excluding hydrogens is 268 g/mol. The van der Waals surface area contributed by atoms with Crippen LogP contribution < -0.4 is 10.1 Å². The van der Waals surface area contributed by atoms with Crippen molar-refractivity contribution in [2.75, 3.05) is 6.61 Å². The summed E-state index contributed by atoms with van der Waals surface area (Å²) in [4.78, 5) is 15.9. The van der Waals surface area contributed by atoms with E-state index in [4.69, 9.17) is 4.74 Å². The fourth-order valence-corrected chi connectivity index (χ4v) is 2.06. The molecule has 0 spiro atoms. The molecular formula is C15H20N4O2. The number of nitrogens with zero attached hydrogens (tertiary/aromatic N) is 2. The van der Waals surface area contributed by atoms with E-state index in [1.807, 2.05) is 39.8 Å². The van der Waals surface area contributed by atoms with E-state index in [0.717, 1.165) is 22.4 Å². The molecule has 2 rings (SSSR count). The predicted molar refractivity (Wildman–Crippen MR) is 79.1 cm³/mol. The van der Waals surface area contributed by atoms with Crippen molar-refractivity contribution in [2.24, 2.45) is 0 Å². The van der Waals surface area contributed by atoms with Crippen LogP contribution in [0, 0.1) is 20.8 Å². The van der Waals surface area contributed by atoms with Gasteiger partial charge in [0.05, 0.1) is 6.04 Å². The van der Waals surface area contributed by atoms with Crippen molar-refractivity contribution in [1.82, 2.24) is 20.5 Å². The summed E-state index contributed by atoms with van der Waals surface area (Å²) in [5.74, 6) is 1.20. The van der Waals surface area contributed by atoms with E-state index in [2.05, 4.69) is 20.5 Å². The van der Waals surface area contributed by atoms with E-state index < -0.39 is 0 Å². The molecule has 6 nitrogen and oxygen atoms in total. The van der Waals surface area contributed by atoms with Crippen LogP contribution in [0.5, 0.6) is 5.75 Å². The molecule has 2 N–H and O–H groups in total. The molecule has 1 heterocycles. The van der Waals surface area contributed by atoms with Crippen molar-refractivity contribution in [3.8, 4) is 5.75 Å². The van der Waals surface area contributed by atoms with Gasteiger partial charge in [0.15, 0.2) is 6.61 Å². The van der Waals surface area contributed by atoms with Gasteiger partial charge in [-0.15, -0.1) is 0 Å². The molecule has 1 aromatic heterocycles. The monoisotopic (exact) mass is 288 g/mol. The Kier molecular flexibility index (Phi) is 4.57. The number of carbonyl (C=O) groups excluding carboxylic acids is 1. The molecule has 6 heteroatoms. The Morgan fingerprint density at radius 1 is 1.33 bits per heavy atom. The fourth-order valence-electron chi connectivity index (χ4n) is 2.06. The number of nitrogens with one attached hydrogen (secondary N) is 2. The third-order valence-electron chi connectivity index (χ3n) is 3.44. The third-order valence-corrected chi connectivity index (χ3v) is 3.44. The minimum atomic E-state index is -0.233. The maximum Gasteiger partial charge on any atom is 0.258 e. The maximum absolute atomic E-state index is 11.9. The number of hydrogen-bond donors (Lipinski definition) is 2. The van der Waals surface area contributed by atoms with Crippen LogP contribution in [0.1, 0.15) is 35.5 Å². The lowest BCUT2D eigenvalue weighted by Gasteiger charge is -2.15. The Morgan fingerprint density at radius 2 is 2.05 bits per heavy atom. The summed E-state index contributed by atoms with van der Waals surface area (Å²) >= 11 is 0. The number of H-pyrrole nitrogens is 1. The van der Waals surface area contributed by atoms with Crippen molar-refractivity contribution < 1.29 is 9.53 Å². The van der Waals surface area contributed by atoms with Crippen molar-refractivity contribution in [2.45, 2.75) is 33.7 Å². The average Bonchev–Trinajstić information content (AvgIpc) is 2.97. The van der Waals surface area contributed by atoms with E-state index in [9.17, 15) is 4.79 Å². The van der Waals surface area contributed by atoms with E-state index >= 15 is 0 Å². The molecule has 0 aliphatic rings. The fraction of sp³-hybridized carbons (Fsp3) is 0.400. The zero-order valence-corrected chi connectivity index (χ0v) is 12.7. The molecule has 0 aliphatic carbocycles. The zero-order valence-electron chi connectivity index (χ0n) is 12.7. The van der Waals surface area contributed by atoms with Crippen LogP contribution in [0.2, 0.25) is 0 Å². The first-order valence-electron chi connectivity index (χ1n) is 6.83. The zero-order chi connectivity index (χ0) is 15.4. The topological polar surface area (TPSA) is 79.9 Å². The van der Waals surface area contributed by atoms with Gasteiger partial charge in [0.25, 0.3) is 5.91 Å². The van der Waals surface area contributed by atoms with E-state index in [1.165, 1.54) is 6.33 Å². The molecule has 2 aromatic rings. The van der Waals surface area contributed by atoms with Crippen molar-refractivity contribution in [3.63, 3.8) is 0 Å². The Bertz CT molecular complexity index is 623. The Labute approximate surface area is 123 Å². The van der Waals surface area contributed by atoms with Crippen LogP contribution in [0.15, 0.2) is 18.5 Å². The quantitative estimate of drug-likeness (QED) is 0.881. The van der Waals surface area contributed by atoms with E-state index in [0.29, 0.717) is 5.82 Å². The molecule has 0 saturated carbocycles. The number of hydrogen-bond acceptors (Lipinski definition) is 4. The molecule has 0 fully saturated rings. The highest BCUT2D eigenvalue weighted by molar-refractivity contribution is 5.78. The second-order valence-electron chi connectivity index (χ2n) is 5.10. The summed E-state index contributed by atoms with van der Waals surface area (Å²) in [5.41, 5.74) is 3.23. The standard InChI is InChI=1S/C15H20N4O2/c1-9-5-6-10(2)14(11(9)3)21-7-13(20)18-12(4)15-16-8-17-19-15/h5-6,8,12H,7H2,1-4H3,(H,18,20)(H,16,17,19). The summed E-state index contributed by atoms with van der Waals surface area (Å²) in [6.07, 6.45) is 1.41. The third kappa shape index (κ3) is 3.59. The van der Waals surface area contributed by atoms with E-state index in [1.54, 1.807) is 0 Å². The van der Waals surface area contributed by atoms with Gasteiger partial charge in [0, 0.05) is 0 Å². The predicted octanol–water partition coefficient (Wildman–Crippen LogP) is 1.99. The second-order valence-corrected chi connectivity index (χ2v) is 5.10. The van der Waals surface area contributed by atoms with Crippen LogP contribution in [0.3, 0.4) is 0 Å². The molecule has 0 radical (unpaired) electrons. The van der Waals surface area contributed by atoms with Crippen LogP contribution in [-0.4, -0.2) is 27.7 Å². The SMILES string of the molecule is Cc1ccc(C)c(OCC(=O)NC(C)c2ncn[nH]2)c1C. The first-order valence-corrected chi connectivity index (χ1v) is 6.83. The molecule has 0 saturated heterocycles. The number of benzene rings is 1. The summed E-state index contributed by atoms with van der Waals surface area (Å²) in [7, 11) is 0. The molecule has 1 unspecified atom stereocenters. The number of ether oxygens (including phenoxy) is 1. The second kappa shape index (κ2) is 6.39. The van der Waals surface area contributed by atoms with Gasteiger partial charge in [-0.1, -0.05) is 12.1 Å². The number of amides is 1. The Morgan fingerprint density at radius 3 is 2.71 bits per heavy atom. The highest BCUT2D eigenvalue weighted by atomic mass is 16.5. The molecule has 0 bridgehead atoms. The van der Waals surface area contributed by atoms with Crippen molar-refractivity contribution in [1.29, 1.82) is 0 Å². The number of aryl methyl sites for hydroxylation is 2. The maximum atomic E-state index is 11.9.